The molecule has 1 aliphatic heterocycles. The van der Waals surface area contributed by atoms with Crippen LogP contribution in [-0.4, -0.2) is 48.7 Å². The number of halogens is 1. The van der Waals surface area contributed by atoms with E-state index in [1.54, 1.807) is 24.9 Å². The van der Waals surface area contributed by atoms with Crippen LogP contribution in [0.15, 0.2) is 28.9 Å². The maximum absolute atomic E-state index is 13.0. The van der Waals surface area contributed by atoms with E-state index >= 15 is 0 Å². The monoisotopic (exact) mass is 461 g/mol. The quantitative estimate of drug-likeness (QED) is 0.706. The molecule has 1 saturated carbocycles. The topological polar surface area (TPSA) is 63.6 Å². The van der Waals surface area contributed by atoms with Crippen LogP contribution in [0.4, 0.5) is 10.5 Å². The number of benzene rings is 1. The molecule has 0 spiro atoms. The number of ether oxygens (including phenoxy) is 1. The van der Waals surface area contributed by atoms with Crippen molar-refractivity contribution in [3.63, 3.8) is 0 Å². The lowest BCUT2D eigenvalue weighted by atomic mass is 9.65. The fraction of sp³-hybridized carbons (Fsp3) is 0.545. The van der Waals surface area contributed by atoms with Crippen molar-refractivity contribution in [1.29, 1.82) is 0 Å². The number of carbonyl (C=O) groups excluding carboxylic acids is 2. The summed E-state index contributed by atoms with van der Waals surface area (Å²) in [6, 6.07) is 5.55. The Kier molecular flexibility index (Phi) is 5.71. The number of rotatable bonds is 4. The zero-order chi connectivity index (χ0) is 20.6. The summed E-state index contributed by atoms with van der Waals surface area (Å²) in [5.41, 5.74) is 1.40. The minimum atomic E-state index is -0.153. The molecule has 1 saturated heterocycles. The van der Waals surface area contributed by atoms with Crippen LogP contribution in [-0.2, 0) is 9.53 Å². The van der Waals surface area contributed by atoms with Crippen LogP contribution in [0.1, 0.15) is 38.5 Å². The van der Waals surface area contributed by atoms with Gasteiger partial charge in [-0.2, -0.15) is 0 Å². The zero-order valence-electron chi connectivity index (χ0n) is 17.0. The third-order valence-electron chi connectivity index (χ3n) is 6.40. The van der Waals surface area contributed by atoms with Crippen LogP contribution in [0.25, 0.3) is 10.9 Å². The predicted octanol–water partition coefficient (Wildman–Crippen LogP) is 4.86. The lowest BCUT2D eigenvalue weighted by molar-refractivity contribution is -0.163. The van der Waals surface area contributed by atoms with E-state index in [1.807, 2.05) is 18.2 Å². The van der Waals surface area contributed by atoms with Crippen LogP contribution in [0.5, 0.6) is 0 Å². The van der Waals surface area contributed by atoms with E-state index in [4.69, 9.17) is 4.74 Å². The molecule has 7 heteroatoms. The van der Waals surface area contributed by atoms with E-state index in [1.165, 1.54) is 37.0 Å². The van der Waals surface area contributed by atoms with Gasteiger partial charge in [0.15, 0.2) is 0 Å². The first-order valence-electron chi connectivity index (χ1n) is 10.3. The summed E-state index contributed by atoms with van der Waals surface area (Å²) < 4.78 is 7.99. The molecule has 2 fully saturated rings. The lowest BCUT2D eigenvalue weighted by Crippen LogP contribution is -2.51. The highest BCUT2D eigenvalue weighted by Gasteiger charge is 2.47. The van der Waals surface area contributed by atoms with Crippen LogP contribution >= 0.6 is 15.9 Å². The molecule has 4 rings (SSSR count). The Balaban J connectivity index is 1.59. The maximum Gasteiger partial charge on any atom is 0.328 e. The summed E-state index contributed by atoms with van der Waals surface area (Å²) in [5.74, 6) is 0.560. The fourth-order valence-corrected chi connectivity index (χ4v) is 5.36. The molecule has 1 aromatic heterocycles. The number of hydrogen-bond acceptors (Lipinski definition) is 3. The van der Waals surface area contributed by atoms with Crippen molar-refractivity contribution in [2.75, 3.05) is 32.6 Å². The smallest absolute Gasteiger partial charge is 0.328 e. The van der Waals surface area contributed by atoms with Gasteiger partial charge >= 0.3 is 6.03 Å². The normalized spacial score (nSPS) is 19.0. The Morgan fingerprint density at radius 3 is 2.59 bits per heavy atom. The summed E-state index contributed by atoms with van der Waals surface area (Å²) in [5, 5.41) is 3.93. The molecule has 0 radical (unpaired) electrons. The molecule has 2 amide bonds. The number of carbonyl (C=O) groups is 2. The zero-order valence-corrected chi connectivity index (χ0v) is 18.6. The highest BCUT2D eigenvalue weighted by atomic mass is 79.9. The Morgan fingerprint density at radius 1 is 1.24 bits per heavy atom. The third kappa shape index (κ3) is 3.82. The van der Waals surface area contributed by atoms with Gasteiger partial charge in [0, 0.05) is 42.0 Å². The standard InChI is InChI=1S/C22H28BrN3O3/c1-25(2)21(28)26-12-17(20-16(23)9-6-10-18(20)26)24-19(27)11-22(13-29-14-22)15-7-4-3-5-8-15/h6,9-10,12,15H,3-5,7-8,11,13-14H2,1-2H3,(H,24,27). The van der Waals surface area contributed by atoms with E-state index in [9.17, 15) is 9.59 Å². The van der Waals surface area contributed by atoms with E-state index < -0.39 is 0 Å². The lowest BCUT2D eigenvalue weighted by Gasteiger charge is -2.48. The van der Waals surface area contributed by atoms with Crippen molar-refractivity contribution in [3.05, 3.63) is 28.9 Å². The summed E-state index contributed by atoms with van der Waals surface area (Å²) in [6.45, 7) is 1.35. The molecule has 6 nitrogen and oxygen atoms in total. The Hall–Kier alpha value is -1.86. The number of fused-ring (bicyclic) bond motifs is 1. The molecule has 2 aliphatic rings. The molecule has 0 atom stereocenters. The number of nitrogens with zero attached hydrogens (tertiary/aromatic N) is 2. The van der Waals surface area contributed by atoms with Crippen molar-refractivity contribution in [2.24, 2.45) is 11.3 Å². The van der Waals surface area contributed by atoms with E-state index in [2.05, 4.69) is 21.2 Å². The van der Waals surface area contributed by atoms with E-state index in [0.29, 0.717) is 31.2 Å². The van der Waals surface area contributed by atoms with Gasteiger partial charge in [0.2, 0.25) is 5.91 Å². The fourth-order valence-electron chi connectivity index (χ4n) is 4.79. The molecule has 0 unspecified atom stereocenters. The van der Waals surface area contributed by atoms with Gasteiger partial charge in [0.05, 0.1) is 24.4 Å². The SMILES string of the molecule is CN(C)C(=O)n1cc(NC(=O)CC2(C3CCCCC3)COC2)c2c(Br)cccc21. The molecular weight excluding hydrogens is 434 g/mol. The molecule has 2 aromatic rings. The van der Waals surface area contributed by atoms with Crippen LogP contribution in [0, 0.1) is 11.3 Å². The highest BCUT2D eigenvalue weighted by Crippen LogP contribution is 2.46. The maximum atomic E-state index is 13.0. The summed E-state index contributed by atoms with van der Waals surface area (Å²) in [7, 11) is 3.43. The first kappa shape index (κ1) is 20.4. The van der Waals surface area contributed by atoms with E-state index in [-0.39, 0.29) is 17.4 Å². The minimum absolute atomic E-state index is 0.00835. The second-order valence-electron chi connectivity index (χ2n) is 8.64. The summed E-state index contributed by atoms with van der Waals surface area (Å²) in [4.78, 5) is 27.2. The van der Waals surface area contributed by atoms with Crippen molar-refractivity contribution >= 4 is 44.5 Å². The first-order chi connectivity index (χ1) is 13.9. The molecule has 2 heterocycles. The van der Waals surface area contributed by atoms with Gasteiger partial charge in [-0.05, 0) is 30.9 Å². The Labute approximate surface area is 179 Å². The molecule has 156 valence electrons. The molecular formula is C22H28BrN3O3. The molecule has 0 bridgehead atoms. The van der Waals surface area contributed by atoms with Gasteiger partial charge in [0.25, 0.3) is 0 Å². The number of hydrogen-bond donors (Lipinski definition) is 1. The van der Waals surface area contributed by atoms with Gasteiger partial charge in [-0.15, -0.1) is 0 Å². The minimum Gasteiger partial charge on any atom is -0.380 e. The van der Waals surface area contributed by atoms with Crippen molar-refractivity contribution in [1.82, 2.24) is 9.47 Å². The Morgan fingerprint density at radius 2 is 1.97 bits per heavy atom. The molecule has 1 aliphatic carbocycles. The van der Waals surface area contributed by atoms with Crippen LogP contribution in [0.3, 0.4) is 0 Å². The van der Waals surface area contributed by atoms with Gasteiger partial charge in [-0.1, -0.05) is 41.3 Å². The van der Waals surface area contributed by atoms with Crippen LogP contribution < -0.4 is 5.32 Å². The van der Waals surface area contributed by atoms with Crippen molar-refractivity contribution in [3.8, 4) is 0 Å². The molecule has 1 aromatic carbocycles. The molecule has 1 N–H and O–H groups in total. The summed E-state index contributed by atoms with van der Waals surface area (Å²) >= 11 is 3.58. The predicted molar refractivity (Wildman–Crippen MR) is 117 cm³/mol. The average molecular weight is 462 g/mol. The second-order valence-corrected chi connectivity index (χ2v) is 9.49. The summed E-state index contributed by atoms with van der Waals surface area (Å²) in [6.07, 6.45) is 8.38. The van der Waals surface area contributed by atoms with Crippen LogP contribution in [0.2, 0.25) is 0 Å². The van der Waals surface area contributed by atoms with Gasteiger partial charge < -0.3 is 15.0 Å². The van der Waals surface area contributed by atoms with Crippen molar-refractivity contribution in [2.45, 2.75) is 38.5 Å². The number of nitrogens with one attached hydrogen (secondary N) is 1. The second kappa shape index (κ2) is 8.11. The van der Waals surface area contributed by atoms with E-state index in [0.717, 1.165) is 15.4 Å². The van der Waals surface area contributed by atoms with Gasteiger partial charge in [-0.25, -0.2) is 4.79 Å². The van der Waals surface area contributed by atoms with Crippen molar-refractivity contribution < 1.29 is 14.3 Å². The first-order valence-corrected chi connectivity index (χ1v) is 11.1. The number of aromatic nitrogens is 1. The average Bonchev–Trinajstić information content (AvgIpc) is 3.04. The highest BCUT2D eigenvalue weighted by molar-refractivity contribution is 9.10. The number of anilines is 1. The molecule has 29 heavy (non-hydrogen) atoms. The van der Waals surface area contributed by atoms with Gasteiger partial charge in [0.1, 0.15) is 0 Å². The third-order valence-corrected chi connectivity index (χ3v) is 7.07. The largest absolute Gasteiger partial charge is 0.380 e. The van der Waals surface area contributed by atoms with Gasteiger partial charge in [-0.3, -0.25) is 9.36 Å². The Bertz CT molecular complexity index is 927. The number of amides is 2.